The third-order valence-corrected chi connectivity index (χ3v) is 6.01. The van der Waals surface area contributed by atoms with Gasteiger partial charge in [0.1, 0.15) is 0 Å². The van der Waals surface area contributed by atoms with Gasteiger partial charge in [0.25, 0.3) is 0 Å². The van der Waals surface area contributed by atoms with Gasteiger partial charge in [-0.1, -0.05) is 42.5 Å². The Morgan fingerprint density at radius 1 is 1.22 bits per heavy atom. The van der Waals surface area contributed by atoms with Gasteiger partial charge in [0, 0.05) is 32.6 Å². The van der Waals surface area contributed by atoms with Gasteiger partial charge in [0.05, 0.1) is 6.54 Å². The molecule has 0 bridgehead atoms. The van der Waals surface area contributed by atoms with Crippen LogP contribution in [0.15, 0.2) is 36.4 Å². The predicted octanol–water partition coefficient (Wildman–Crippen LogP) is 2.39. The average molecular weight is 370 g/mol. The Hall–Kier alpha value is -2.14. The molecule has 2 amide bonds. The maximum absolute atomic E-state index is 12.3. The van der Waals surface area contributed by atoms with Crippen molar-refractivity contribution in [1.29, 1.82) is 0 Å². The maximum Gasteiger partial charge on any atom is 0.241 e. The zero-order valence-electron chi connectivity index (χ0n) is 16.4. The van der Waals surface area contributed by atoms with Crippen molar-refractivity contribution in [2.24, 2.45) is 11.8 Å². The average Bonchev–Trinajstić information content (AvgIpc) is 3.10. The number of likely N-dealkylation sites (N-methyl/N-ethyl adjacent to an activating group) is 1. The molecule has 0 radical (unpaired) electrons. The summed E-state index contributed by atoms with van der Waals surface area (Å²) in [6, 6.07) is 11.0. The molecule has 1 saturated carbocycles. The molecule has 5 nitrogen and oxygen atoms in total. The first kappa shape index (κ1) is 19.6. The van der Waals surface area contributed by atoms with Gasteiger partial charge < -0.3 is 10.2 Å². The van der Waals surface area contributed by atoms with Crippen LogP contribution in [0, 0.1) is 11.8 Å². The van der Waals surface area contributed by atoms with Crippen LogP contribution < -0.4 is 5.32 Å². The fourth-order valence-electron chi connectivity index (χ4n) is 4.42. The predicted molar refractivity (Wildman–Crippen MR) is 108 cm³/mol. The van der Waals surface area contributed by atoms with Crippen molar-refractivity contribution in [3.8, 4) is 0 Å². The van der Waals surface area contributed by atoms with E-state index < -0.39 is 0 Å². The van der Waals surface area contributed by atoms with Gasteiger partial charge in [-0.3, -0.25) is 14.5 Å². The van der Waals surface area contributed by atoms with Crippen molar-refractivity contribution in [2.45, 2.75) is 32.2 Å². The van der Waals surface area contributed by atoms with Crippen molar-refractivity contribution in [2.75, 3.05) is 33.2 Å². The summed E-state index contributed by atoms with van der Waals surface area (Å²) in [6.07, 6.45) is 7.89. The van der Waals surface area contributed by atoms with Crippen LogP contribution in [0.2, 0.25) is 0 Å². The highest BCUT2D eigenvalue weighted by molar-refractivity contribution is 5.83. The second-order valence-electron chi connectivity index (χ2n) is 7.94. The first-order valence-electron chi connectivity index (χ1n) is 9.97. The van der Waals surface area contributed by atoms with Crippen LogP contribution in [0.1, 0.15) is 31.7 Å². The second-order valence-corrected chi connectivity index (χ2v) is 7.94. The lowest BCUT2D eigenvalue weighted by atomic mass is 9.89. The second kappa shape index (κ2) is 9.18. The van der Waals surface area contributed by atoms with Crippen LogP contribution >= 0.6 is 0 Å². The number of benzene rings is 1. The summed E-state index contributed by atoms with van der Waals surface area (Å²) < 4.78 is 0. The van der Waals surface area contributed by atoms with Gasteiger partial charge in [0.15, 0.2) is 0 Å². The monoisotopic (exact) mass is 369 g/mol. The summed E-state index contributed by atoms with van der Waals surface area (Å²) >= 11 is 0. The maximum atomic E-state index is 12.3. The van der Waals surface area contributed by atoms with E-state index in [1.54, 1.807) is 0 Å². The van der Waals surface area contributed by atoms with Crippen LogP contribution in [0.5, 0.6) is 0 Å². The summed E-state index contributed by atoms with van der Waals surface area (Å²) in [5.41, 5.74) is 1.24. The quantitative estimate of drug-likeness (QED) is 0.838. The SMILES string of the molecule is CC(=O)NCC(=O)N1CC[C@@H]2C[C@H](N(C)CC=Cc3ccccc3)C[C@@H]2C1. The summed E-state index contributed by atoms with van der Waals surface area (Å²) in [5.74, 6) is 1.21. The molecule has 5 heteroatoms. The lowest BCUT2D eigenvalue weighted by Crippen LogP contribution is -2.46. The van der Waals surface area contributed by atoms with Gasteiger partial charge in [-0.25, -0.2) is 0 Å². The number of hydrogen-bond donors (Lipinski definition) is 1. The van der Waals surface area contributed by atoms with E-state index in [1.807, 2.05) is 11.0 Å². The van der Waals surface area contributed by atoms with E-state index in [0.29, 0.717) is 12.0 Å². The van der Waals surface area contributed by atoms with Gasteiger partial charge in [-0.2, -0.15) is 0 Å². The smallest absolute Gasteiger partial charge is 0.241 e. The zero-order chi connectivity index (χ0) is 19.2. The van der Waals surface area contributed by atoms with Crippen molar-refractivity contribution < 1.29 is 9.59 Å². The molecule has 1 aromatic carbocycles. The van der Waals surface area contributed by atoms with E-state index in [2.05, 4.69) is 53.7 Å². The van der Waals surface area contributed by atoms with E-state index >= 15 is 0 Å². The highest BCUT2D eigenvalue weighted by Gasteiger charge is 2.40. The van der Waals surface area contributed by atoms with E-state index in [9.17, 15) is 9.59 Å². The largest absolute Gasteiger partial charge is 0.347 e. The lowest BCUT2D eigenvalue weighted by Gasteiger charge is -2.35. The van der Waals surface area contributed by atoms with Gasteiger partial charge in [0.2, 0.25) is 11.8 Å². The van der Waals surface area contributed by atoms with Crippen LogP contribution in [-0.4, -0.2) is 60.9 Å². The molecule has 1 aliphatic heterocycles. The van der Waals surface area contributed by atoms with Crippen molar-refractivity contribution >= 4 is 17.9 Å². The van der Waals surface area contributed by atoms with Crippen LogP contribution in [0.4, 0.5) is 0 Å². The number of rotatable bonds is 6. The molecule has 146 valence electrons. The van der Waals surface area contributed by atoms with E-state index in [-0.39, 0.29) is 18.4 Å². The van der Waals surface area contributed by atoms with Crippen LogP contribution in [0.3, 0.4) is 0 Å². The number of amides is 2. The zero-order valence-corrected chi connectivity index (χ0v) is 16.4. The lowest BCUT2D eigenvalue weighted by molar-refractivity contribution is -0.134. The molecular weight excluding hydrogens is 338 g/mol. The highest BCUT2D eigenvalue weighted by Crippen LogP contribution is 2.39. The number of carbonyl (C=O) groups is 2. The van der Waals surface area contributed by atoms with Crippen molar-refractivity contribution in [3.05, 3.63) is 42.0 Å². The molecule has 0 aromatic heterocycles. The van der Waals surface area contributed by atoms with Gasteiger partial charge >= 0.3 is 0 Å². The topological polar surface area (TPSA) is 52.7 Å². The Balaban J connectivity index is 1.47. The van der Waals surface area contributed by atoms with E-state index in [1.165, 1.54) is 18.9 Å². The summed E-state index contributed by atoms with van der Waals surface area (Å²) in [7, 11) is 2.21. The van der Waals surface area contributed by atoms with E-state index in [4.69, 9.17) is 0 Å². The summed E-state index contributed by atoms with van der Waals surface area (Å²) in [4.78, 5) is 27.7. The first-order chi connectivity index (χ1) is 13.0. The van der Waals surface area contributed by atoms with Crippen molar-refractivity contribution in [3.63, 3.8) is 0 Å². The molecule has 0 unspecified atom stereocenters. The third-order valence-electron chi connectivity index (χ3n) is 6.01. The molecule has 0 spiro atoms. The molecule has 3 atom stereocenters. The Morgan fingerprint density at radius 2 is 1.96 bits per heavy atom. The Morgan fingerprint density at radius 3 is 2.70 bits per heavy atom. The molecule has 27 heavy (non-hydrogen) atoms. The summed E-state index contributed by atoms with van der Waals surface area (Å²) in [5, 5.41) is 2.62. The molecule has 1 N–H and O–H groups in total. The number of carbonyl (C=O) groups excluding carboxylic acids is 2. The normalized spacial score (nSPS) is 25.0. The molecule has 1 heterocycles. The number of nitrogens with zero attached hydrogens (tertiary/aromatic N) is 2. The van der Waals surface area contributed by atoms with Crippen molar-refractivity contribution in [1.82, 2.24) is 15.1 Å². The van der Waals surface area contributed by atoms with E-state index in [0.717, 1.165) is 38.4 Å². The highest BCUT2D eigenvalue weighted by atomic mass is 16.2. The Kier molecular flexibility index (Phi) is 6.67. The minimum absolute atomic E-state index is 0.0475. The van der Waals surface area contributed by atoms with Gasteiger partial charge in [-0.05, 0) is 43.7 Å². The number of piperidine rings is 1. The number of nitrogens with one attached hydrogen (secondary N) is 1. The molecular formula is C22H31N3O2. The molecule has 3 rings (SSSR count). The number of likely N-dealkylation sites (tertiary alicyclic amines) is 1. The Labute approximate surface area is 162 Å². The fraction of sp³-hybridized carbons (Fsp3) is 0.545. The van der Waals surface area contributed by atoms with Gasteiger partial charge in [-0.15, -0.1) is 0 Å². The van der Waals surface area contributed by atoms with Crippen LogP contribution in [0.25, 0.3) is 6.08 Å². The molecule has 1 aliphatic carbocycles. The Bertz CT molecular complexity index is 673. The minimum atomic E-state index is -0.149. The third kappa shape index (κ3) is 5.42. The van der Waals surface area contributed by atoms with Crippen LogP contribution in [-0.2, 0) is 9.59 Å². The first-order valence-corrected chi connectivity index (χ1v) is 9.97. The standard InChI is InChI=1S/C22H31N3O2/c1-17(26)23-15-22(27)25-12-10-19-13-21(14-20(19)16-25)24(2)11-6-9-18-7-4-3-5-8-18/h3-9,19-21H,10-16H2,1-2H3,(H,23,26)/t19-,20-,21+/m1/s1. The number of fused-ring (bicyclic) bond motifs is 1. The molecule has 2 fully saturated rings. The molecule has 1 aromatic rings. The summed E-state index contributed by atoms with van der Waals surface area (Å²) in [6.45, 7) is 4.19. The molecule has 1 saturated heterocycles. The minimum Gasteiger partial charge on any atom is -0.347 e. The fourth-order valence-corrected chi connectivity index (χ4v) is 4.42. The number of hydrogen-bond acceptors (Lipinski definition) is 3. The molecule has 2 aliphatic rings.